The predicted molar refractivity (Wildman–Crippen MR) is 152 cm³/mol. The van der Waals surface area contributed by atoms with Gasteiger partial charge in [-0.25, -0.2) is 4.99 Å². The Hall–Kier alpha value is -3.00. The van der Waals surface area contributed by atoms with Crippen LogP contribution in [-0.4, -0.2) is 75.0 Å². The van der Waals surface area contributed by atoms with Gasteiger partial charge >= 0.3 is 0 Å². The molecule has 1 N–H and O–H groups in total. The molecule has 0 bridgehead atoms. The Morgan fingerprint density at radius 2 is 1.87 bits per heavy atom. The number of nitrogens with zero attached hydrogens (tertiary/aromatic N) is 3. The Morgan fingerprint density at radius 3 is 2.61 bits per heavy atom. The summed E-state index contributed by atoms with van der Waals surface area (Å²) in [4.78, 5) is 20.7. The summed E-state index contributed by atoms with van der Waals surface area (Å²) >= 11 is 0. The molecule has 3 aliphatic heterocycles. The number of anilines is 1. The second kappa shape index (κ2) is 14.2. The molecule has 4 rings (SSSR count). The molecule has 0 saturated carbocycles. The van der Waals surface area contributed by atoms with Gasteiger partial charge in [-0.2, -0.15) is 0 Å². The molecule has 1 amide bonds. The maximum absolute atomic E-state index is 11.5. The second-order valence-electron chi connectivity index (χ2n) is 10.5. The number of likely N-dealkylation sites (tertiary alicyclic amines) is 2. The summed E-state index contributed by atoms with van der Waals surface area (Å²) in [6.45, 7) is 10.3. The number of hydrogen-bond donors (Lipinski definition) is 1. The van der Waals surface area contributed by atoms with Crippen LogP contribution < -0.4 is 14.8 Å². The van der Waals surface area contributed by atoms with E-state index in [1.165, 1.54) is 31.5 Å². The fourth-order valence-corrected chi connectivity index (χ4v) is 5.20. The van der Waals surface area contributed by atoms with Crippen LogP contribution in [0.15, 0.2) is 46.4 Å². The first-order chi connectivity index (χ1) is 18.5. The Bertz CT molecular complexity index is 1020. The third-order valence-corrected chi connectivity index (χ3v) is 7.68. The van der Waals surface area contributed by atoms with Gasteiger partial charge in [0, 0.05) is 50.9 Å². The van der Waals surface area contributed by atoms with E-state index >= 15 is 0 Å². The number of allylic oxidation sites excluding steroid dienone is 3. The molecular weight excluding hydrogens is 480 g/mol. The maximum Gasteiger partial charge on any atom is 0.219 e. The Balaban J connectivity index is 1.28. The van der Waals surface area contributed by atoms with Crippen molar-refractivity contribution < 1.29 is 19.0 Å². The van der Waals surface area contributed by atoms with Crippen LogP contribution in [-0.2, 0) is 9.53 Å². The number of methoxy groups -OCH3 is 1. The summed E-state index contributed by atoms with van der Waals surface area (Å²) in [6.07, 6.45) is 11.1. The van der Waals surface area contributed by atoms with E-state index < -0.39 is 0 Å². The molecular formula is C30H44N4O4. The van der Waals surface area contributed by atoms with Gasteiger partial charge in [0.1, 0.15) is 5.82 Å². The number of piperidine rings is 1. The quantitative estimate of drug-likeness (QED) is 0.400. The Labute approximate surface area is 227 Å². The molecule has 0 aromatic heterocycles. The summed E-state index contributed by atoms with van der Waals surface area (Å²) in [6, 6.07) is 5.92. The predicted octanol–water partition coefficient (Wildman–Crippen LogP) is 5.23. The minimum atomic E-state index is 0.168. The lowest BCUT2D eigenvalue weighted by Crippen LogP contribution is -2.38. The highest BCUT2D eigenvalue weighted by atomic mass is 16.5. The molecule has 0 atom stereocenters. The fourth-order valence-electron chi connectivity index (χ4n) is 5.20. The number of nitrogens with one attached hydrogen (secondary N) is 1. The molecule has 1 aromatic carbocycles. The number of ether oxygens (including phenoxy) is 3. The number of hydrogen-bond acceptors (Lipinski definition) is 7. The van der Waals surface area contributed by atoms with Gasteiger partial charge in [-0.1, -0.05) is 0 Å². The molecule has 3 heterocycles. The zero-order valence-electron chi connectivity index (χ0n) is 23.3. The SMILES string of the molecule is COc1ccc(NC2=C(\C)CC/C(OCC3CCN(C(C)=O)CC3)=C/C=N\2)cc1OCCCN1CCCC1. The lowest BCUT2D eigenvalue weighted by atomic mass is 9.98. The highest BCUT2D eigenvalue weighted by Gasteiger charge is 2.21. The van der Waals surface area contributed by atoms with E-state index in [0.717, 1.165) is 80.5 Å². The van der Waals surface area contributed by atoms with E-state index in [4.69, 9.17) is 19.2 Å². The van der Waals surface area contributed by atoms with Crippen molar-refractivity contribution in [2.75, 3.05) is 58.4 Å². The first kappa shape index (κ1) is 28.0. The monoisotopic (exact) mass is 524 g/mol. The first-order valence-electron chi connectivity index (χ1n) is 14.1. The third kappa shape index (κ3) is 8.25. The number of aliphatic imine (C=N–C) groups is 1. The topological polar surface area (TPSA) is 75.6 Å². The van der Waals surface area contributed by atoms with Crippen molar-refractivity contribution in [2.24, 2.45) is 10.9 Å². The lowest BCUT2D eigenvalue weighted by molar-refractivity contribution is -0.130. The minimum absolute atomic E-state index is 0.168. The molecule has 0 radical (unpaired) electrons. The molecule has 38 heavy (non-hydrogen) atoms. The zero-order valence-corrected chi connectivity index (χ0v) is 23.3. The van der Waals surface area contributed by atoms with E-state index in [2.05, 4.69) is 17.1 Å². The average molecular weight is 525 g/mol. The lowest BCUT2D eigenvalue weighted by Gasteiger charge is -2.31. The normalized spacial score (nSPS) is 23.2. The van der Waals surface area contributed by atoms with Crippen molar-refractivity contribution in [1.82, 2.24) is 9.80 Å². The summed E-state index contributed by atoms with van der Waals surface area (Å²) in [5, 5.41) is 3.47. The zero-order chi connectivity index (χ0) is 26.7. The van der Waals surface area contributed by atoms with E-state index in [9.17, 15) is 4.79 Å². The van der Waals surface area contributed by atoms with Gasteiger partial charge < -0.3 is 29.3 Å². The van der Waals surface area contributed by atoms with Crippen LogP contribution in [0, 0.1) is 5.92 Å². The highest BCUT2D eigenvalue weighted by Crippen LogP contribution is 2.32. The average Bonchev–Trinajstić information content (AvgIpc) is 3.44. The van der Waals surface area contributed by atoms with Gasteiger partial charge in [-0.15, -0.1) is 0 Å². The molecule has 3 aliphatic rings. The second-order valence-corrected chi connectivity index (χ2v) is 10.5. The molecule has 0 aliphatic carbocycles. The standard InChI is InChI=1S/C30H44N4O4/c1-23-7-9-27(38-22-25-12-18-34(19-13-25)24(2)35)11-14-31-30(23)32-26-8-10-28(36-3)29(21-26)37-20-6-17-33-15-4-5-16-33/h8,10-11,14,21,25,32H,4-7,9,12-13,15-20,22H2,1-3H3/b27-11-,30-23+,31-14-. The van der Waals surface area contributed by atoms with E-state index in [1.807, 2.05) is 35.4 Å². The summed E-state index contributed by atoms with van der Waals surface area (Å²) in [7, 11) is 1.67. The van der Waals surface area contributed by atoms with Crippen LogP contribution in [0.4, 0.5) is 5.69 Å². The largest absolute Gasteiger partial charge is 0.498 e. The summed E-state index contributed by atoms with van der Waals surface area (Å²) in [5.41, 5.74) is 2.10. The van der Waals surface area contributed by atoms with Crippen molar-refractivity contribution >= 4 is 17.8 Å². The van der Waals surface area contributed by atoms with Crippen molar-refractivity contribution in [3.63, 3.8) is 0 Å². The van der Waals surface area contributed by atoms with Crippen LogP contribution >= 0.6 is 0 Å². The van der Waals surface area contributed by atoms with Gasteiger partial charge in [0.05, 0.1) is 26.1 Å². The van der Waals surface area contributed by atoms with Crippen LogP contribution in [0.3, 0.4) is 0 Å². The van der Waals surface area contributed by atoms with Crippen LogP contribution in [0.5, 0.6) is 11.5 Å². The van der Waals surface area contributed by atoms with Crippen LogP contribution in [0.2, 0.25) is 0 Å². The van der Waals surface area contributed by atoms with Crippen LogP contribution in [0.25, 0.3) is 0 Å². The van der Waals surface area contributed by atoms with Gasteiger partial charge in [0.15, 0.2) is 11.5 Å². The van der Waals surface area contributed by atoms with Gasteiger partial charge in [-0.3, -0.25) is 4.79 Å². The van der Waals surface area contributed by atoms with Crippen LogP contribution in [0.1, 0.15) is 58.8 Å². The van der Waals surface area contributed by atoms with E-state index in [-0.39, 0.29) is 5.91 Å². The van der Waals surface area contributed by atoms with Crippen molar-refractivity contribution in [3.8, 4) is 11.5 Å². The summed E-state index contributed by atoms with van der Waals surface area (Å²) in [5.74, 6) is 3.96. The molecule has 2 saturated heterocycles. The van der Waals surface area contributed by atoms with Crippen molar-refractivity contribution in [1.29, 1.82) is 0 Å². The number of benzene rings is 1. The number of carbonyl (C=O) groups excluding carboxylic acids is 1. The summed E-state index contributed by atoms with van der Waals surface area (Å²) < 4.78 is 17.8. The number of rotatable bonds is 11. The van der Waals surface area contributed by atoms with Gasteiger partial charge in [0.2, 0.25) is 5.91 Å². The number of amides is 1. The molecule has 2 fully saturated rings. The van der Waals surface area contributed by atoms with Gasteiger partial charge in [-0.05, 0) is 88.2 Å². The third-order valence-electron chi connectivity index (χ3n) is 7.68. The highest BCUT2D eigenvalue weighted by molar-refractivity contribution is 5.74. The van der Waals surface area contributed by atoms with Crippen molar-refractivity contribution in [3.05, 3.63) is 41.4 Å². The maximum atomic E-state index is 11.5. The molecule has 0 spiro atoms. The molecule has 1 aromatic rings. The molecule has 8 heteroatoms. The van der Waals surface area contributed by atoms with Crippen molar-refractivity contribution in [2.45, 2.75) is 58.8 Å². The van der Waals surface area contributed by atoms with E-state index in [0.29, 0.717) is 19.1 Å². The fraction of sp³-hybridized carbons (Fsp3) is 0.600. The molecule has 8 nitrogen and oxygen atoms in total. The smallest absolute Gasteiger partial charge is 0.219 e. The van der Waals surface area contributed by atoms with Gasteiger partial charge in [0.25, 0.3) is 0 Å². The molecule has 208 valence electrons. The molecule has 0 unspecified atom stereocenters. The first-order valence-corrected chi connectivity index (χ1v) is 14.1. The Morgan fingerprint density at radius 1 is 1.08 bits per heavy atom. The van der Waals surface area contributed by atoms with E-state index in [1.54, 1.807) is 14.0 Å². The minimum Gasteiger partial charge on any atom is -0.498 e. The number of carbonyl (C=O) groups is 1. The Kier molecular flexibility index (Phi) is 10.5.